The number of methoxy groups -OCH3 is 1. The van der Waals surface area contributed by atoms with E-state index in [0.29, 0.717) is 17.0 Å². The lowest BCUT2D eigenvalue weighted by Gasteiger charge is -2.27. The predicted octanol–water partition coefficient (Wildman–Crippen LogP) is 2.45. The Morgan fingerprint density at radius 2 is 1.91 bits per heavy atom. The molecular weight excluding hydrogens is 597 g/mol. The Hall–Kier alpha value is -3.92. The molecule has 0 aliphatic heterocycles. The first-order valence-electron chi connectivity index (χ1n) is 14.0. The van der Waals surface area contributed by atoms with Gasteiger partial charge in [0, 0.05) is 11.1 Å². The van der Waals surface area contributed by atoms with E-state index in [4.69, 9.17) is 14.2 Å². The summed E-state index contributed by atoms with van der Waals surface area (Å²) in [5.74, 6) is -1.12. The van der Waals surface area contributed by atoms with E-state index < -0.39 is 47.4 Å². The quantitative estimate of drug-likeness (QED) is 0.156. The van der Waals surface area contributed by atoms with Crippen LogP contribution in [0.1, 0.15) is 50.8 Å². The number of aryl methyl sites for hydroxylation is 1. The standard InChI is InChI=1S/C29H36FN5O8S/c1-6-7-12-42-27(39)29(3,4)34-24(38)23-17(2)25(35-31-10-11-32-35)44-26(23)33(28(34)40)14-22(43-16-19(37)15-36)20-13-18(30)8-9-21(20)41-5/h8-11,13,19,22,36-37H,6-7,12,14-16H2,1-5H3/t19?,22-/m1/s1. The Balaban J connectivity index is 1.99. The highest BCUT2D eigenvalue weighted by atomic mass is 32.1. The minimum Gasteiger partial charge on any atom is -0.496 e. The number of unbranched alkanes of at least 4 members (excludes halogenated alkanes) is 1. The number of halogens is 1. The van der Waals surface area contributed by atoms with Crippen molar-refractivity contribution < 1.29 is 33.6 Å². The van der Waals surface area contributed by atoms with Gasteiger partial charge in [-0.25, -0.2) is 18.5 Å². The van der Waals surface area contributed by atoms with Gasteiger partial charge in [0.2, 0.25) is 0 Å². The van der Waals surface area contributed by atoms with Gasteiger partial charge in [0.05, 0.1) is 51.3 Å². The Morgan fingerprint density at radius 3 is 2.55 bits per heavy atom. The van der Waals surface area contributed by atoms with Crippen LogP contribution in [0.15, 0.2) is 40.2 Å². The Labute approximate surface area is 256 Å². The number of nitrogens with zero attached hydrogens (tertiary/aromatic N) is 5. The number of carbonyl (C=O) groups is 1. The van der Waals surface area contributed by atoms with E-state index in [-0.39, 0.29) is 41.3 Å². The number of thiophene rings is 1. The van der Waals surface area contributed by atoms with Crippen LogP contribution in [0.3, 0.4) is 0 Å². The van der Waals surface area contributed by atoms with Gasteiger partial charge >= 0.3 is 11.7 Å². The van der Waals surface area contributed by atoms with E-state index in [1.165, 1.54) is 60.9 Å². The van der Waals surface area contributed by atoms with Gasteiger partial charge < -0.3 is 24.4 Å². The second-order valence-corrected chi connectivity index (χ2v) is 11.6. The molecule has 2 N–H and O–H groups in total. The third-order valence-corrected chi connectivity index (χ3v) is 8.45. The Kier molecular flexibility index (Phi) is 10.3. The summed E-state index contributed by atoms with van der Waals surface area (Å²) in [5, 5.41) is 28.4. The fourth-order valence-corrected chi connectivity index (χ4v) is 5.94. The number of esters is 1. The molecule has 0 fully saturated rings. The molecule has 238 valence electrons. The number of benzene rings is 1. The molecule has 0 bridgehead atoms. The minimum absolute atomic E-state index is 0.124. The van der Waals surface area contributed by atoms with Crippen LogP contribution in [-0.4, -0.2) is 73.3 Å². The molecule has 0 spiro atoms. The molecule has 15 heteroatoms. The number of aliphatic hydroxyl groups is 2. The van der Waals surface area contributed by atoms with Crippen molar-refractivity contribution in [2.75, 3.05) is 26.9 Å². The van der Waals surface area contributed by atoms with Gasteiger partial charge in [-0.15, -0.1) is 4.80 Å². The molecular formula is C29H36FN5O8S. The van der Waals surface area contributed by atoms with Crippen LogP contribution in [0.5, 0.6) is 5.75 Å². The molecule has 3 heterocycles. The van der Waals surface area contributed by atoms with E-state index in [0.717, 1.165) is 22.3 Å². The van der Waals surface area contributed by atoms with Crippen LogP contribution in [0, 0.1) is 12.7 Å². The van der Waals surface area contributed by atoms with E-state index in [2.05, 4.69) is 10.2 Å². The minimum atomic E-state index is -1.71. The van der Waals surface area contributed by atoms with Gasteiger partial charge in [0.15, 0.2) is 0 Å². The summed E-state index contributed by atoms with van der Waals surface area (Å²) in [6, 6.07) is 3.78. The lowest BCUT2D eigenvalue weighted by Crippen LogP contribution is -2.53. The van der Waals surface area contributed by atoms with Crippen LogP contribution in [0.25, 0.3) is 15.2 Å². The highest BCUT2D eigenvalue weighted by molar-refractivity contribution is 7.21. The fourth-order valence-electron chi connectivity index (χ4n) is 4.72. The van der Waals surface area contributed by atoms with Crippen LogP contribution >= 0.6 is 11.3 Å². The summed E-state index contributed by atoms with van der Waals surface area (Å²) in [6.45, 7) is 5.36. The maximum absolute atomic E-state index is 14.5. The van der Waals surface area contributed by atoms with E-state index >= 15 is 0 Å². The average Bonchev–Trinajstić information content (AvgIpc) is 3.64. The maximum atomic E-state index is 14.5. The topological polar surface area (TPSA) is 160 Å². The fraction of sp³-hybridized carbons (Fsp3) is 0.483. The van der Waals surface area contributed by atoms with Gasteiger partial charge in [-0.1, -0.05) is 24.7 Å². The van der Waals surface area contributed by atoms with Gasteiger partial charge in [0.1, 0.15) is 39.1 Å². The van der Waals surface area contributed by atoms with Crippen LogP contribution in [-0.2, 0) is 26.4 Å². The third-order valence-electron chi connectivity index (χ3n) is 7.16. The molecule has 0 aliphatic rings. The van der Waals surface area contributed by atoms with Crippen molar-refractivity contribution in [1.29, 1.82) is 0 Å². The van der Waals surface area contributed by atoms with Crippen LogP contribution in [0.2, 0.25) is 0 Å². The maximum Gasteiger partial charge on any atom is 0.333 e. The molecule has 2 atom stereocenters. The summed E-state index contributed by atoms with van der Waals surface area (Å²) >= 11 is 1.08. The first-order chi connectivity index (χ1) is 21.0. The van der Waals surface area contributed by atoms with Gasteiger partial charge in [-0.05, 0) is 45.4 Å². The number of carbonyl (C=O) groups excluding carboxylic acids is 1. The molecule has 0 saturated heterocycles. The number of aromatic nitrogens is 5. The van der Waals surface area contributed by atoms with Crippen molar-refractivity contribution in [2.24, 2.45) is 0 Å². The molecule has 3 aromatic heterocycles. The summed E-state index contributed by atoms with van der Waals surface area (Å²) in [4.78, 5) is 43.2. The SMILES string of the molecule is CCCCOC(=O)C(C)(C)n1c(=O)c2c(C)c(-n3nccn3)sc2n(C[C@@H](OCC(O)CO)c2cc(F)ccc2OC)c1=O. The number of hydrogen-bond donors (Lipinski definition) is 2. The molecule has 44 heavy (non-hydrogen) atoms. The summed E-state index contributed by atoms with van der Waals surface area (Å²) in [6.07, 6.45) is 1.95. The Bertz CT molecular complexity index is 1730. The van der Waals surface area contributed by atoms with Crippen molar-refractivity contribution in [3.05, 3.63) is 68.4 Å². The zero-order chi connectivity index (χ0) is 32.2. The smallest absolute Gasteiger partial charge is 0.333 e. The molecule has 4 aromatic rings. The molecule has 13 nitrogen and oxygen atoms in total. The van der Waals surface area contributed by atoms with E-state index in [1.54, 1.807) is 6.92 Å². The van der Waals surface area contributed by atoms with Gasteiger partial charge in [-0.3, -0.25) is 9.36 Å². The van der Waals surface area contributed by atoms with Crippen molar-refractivity contribution in [3.8, 4) is 10.8 Å². The summed E-state index contributed by atoms with van der Waals surface area (Å²) in [5.41, 5.74) is -2.57. The molecule has 1 unspecified atom stereocenters. The lowest BCUT2D eigenvalue weighted by molar-refractivity contribution is -0.153. The second kappa shape index (κ2) is 13.8. The van der Waals surface area contributed by atoms with Crippen molar-refractivity contribution in [2.45, 2.75) is 64.8 Å². The van der Waals surface area contributed by atoms with E-state index in [1.807, 2.05) is 6.92 Å². The molecule has 0 saturated carbocycles. The van der Waals surface area contributed by atoms with E-state index in [9.17, 15) is 29.0 Å². The normalized spacial score (nSPS) is 13.3. The zero-order valence-electron chi connectivity index (χ0n) is 25.2. The Morgan fingerprint density at radius 1 is 1.20 bits per heavy atom. The zero-order valence-corrected chi connectivity index (χ0v) is 26.0. The molecule has 0 aliphatic carbocycles. The second-order valence-electron chi connectivity index (χ2n) is 10.7. The number of aliphatic hydroxyl groups excluding tert-OH is 2. The summed E-state index contributed by atoms with van der Waals surface area (Å²) < 4.78 is 33.4. The number of fused-ring (bicyclic) bond motifs is 1. The molecule has 0 amide bonds. The molecule has 0 radical (unpaired) electrons. The van der Waals surface area contributed by atoms with Gasteiger partial charge in [-0.2, -0.15) is 10.2 Å². The largest absolute Gasteiger partial charge is 0.496 e. The molecule has 4 rings (SSSR count). The first kappa shape index (κ1) is 33.0. The highest BCUT2D eigenvalue weighted by Crippen LogP contribution is 2.34. The summed E-state index contributed by atoms with van der Waals surface area (Å²) in [7, 11) is 1.39. The highest BCUT2D eigenvalue weighted by Gasteiger charge is 2.37. The average molecular weight is 634 g/mol. The third kappa shape index (κ3) is 6.45. The number of hydrogen-bond acceptors (Lipinski definition) is 11. The van der Waals surface area contributed by atoms with Crippen molar-refractivity contribution >= 4 is 27.5 Å². The van der Waals surface area contributed by atoms with Gasteiger partial charge in [0.25, 0.3) is 5.56 Å². The van der Waals surface area contributed by atoms with Crippen molar-refractivity contribution in [1.82, 2.24) is 24.1 Å². The van der Waals surface area contributed by atoms with Crippen LogP contribution in [0.4, 0.5) is 4.39 Å². The van der Waals surface area contributed by atoms with Crippen LogP contribution < -0.4 is 16.0 Å². The monoisotopic (exact) mass is 633 g/mol. The van der Waals surface area contributed by atoms with Crippen molar-refractivity contribution in [3.63, 3.8) is 0 Å². The number of rotatable bonds is 14. The predicted molar refractivity (Wildman–Crippen MR) is 160 cm³/mol. The first-order valence-corrected chi connectivity index (χ1v) is 14.8. The number of ether oxygens (including phenoxy) is 3. The lowest BCUT2D eigenvalue weighted by atomic mass is 10.0. The molecule has 1 aromatic carbocycles.